The zero-order chi connectivity index (χ0) is 52.2. The van der Waals surface area contributed by atoms with Crippen molar-refractivity contribution >= 4 is 17.9 Å². The van der Waals surface area contributed by atoms with Gasteiger partial charge in [0.2, 0.25) is 0 Å². The Morgan fingerprint density at radius 3 is 0.972 bits per heavy atom. The van der Waals surface area contributed by atoms with Crippen LogP contribution in [0.25, 0.3) is 0 Å². The second-order valence-electron chi connectivity index (χ2n) is 18.1. The summed E-state index contributed by atoms with van der Waals surface area (Å²) in [5.74, 6) is -1.09. The van der Waals surface area contributed by atoms with Crippen molar-refractivity contribution < 1.29 is 28.6 Å². The van der Waals surface area contributed by atoms with E-state index in [9.17, 15) is 14.4 Å². The third kappa shape index (κ3) is 56.0. The molecule has 72 heavy (non-hydrogen) atoms. The van der Waals surface area contributed by atoms with Gasteiger partial charge in [0.1, 0.15) is 13.2 Å². The van der Waals surface area contributed by atoms with Crippen molar-refractivity contribution in [3.63, 3.8) is 0 Å². The minimum atomic E-state index is -0.843. The number of allylic oxidation sites excluding steroid dienone is 26. The normalized spacial score (nSPS) is 13.3. The number of carbonyl (C=O) groups excluding carboxylic acids is 3. The zero-order valence-corrected chi connectivity index (χ0v) is 45.9. The Hall–Kier alpha value is -4.97. The average Bonchev–Trinajstić information content (AvgIpc) is 3.38. The van der Waals surface area contributed by atoms with Gasteiger partial charge in [-0.3, -0.25) is 14.4 Å². The summed E-state index contributed by atoms with van der Waals surface area (Å²) in [7, 11) is 0. The van der Waals surface area contributed by atoms with Gasteiger partial charge in [-0.1, -0.05) is 230 Å². The Labute approximate surface area is 441 Å². The Bertz CT molecular complexity index is 1660. The molecule has 0 heterocycles. The van der Waals surface area contributed by atoms with E-state index in [-0.39, 0.29) is 50.4 Å². The molecule has 1 unspecified atom stereocenters. The molecule has 0 aliphatic carbocycles. The maximum absolute atomic E-state index is 12.9. The van der Waals surface area contributed by atoms with Crippen LogP contribution < -0.4 is 0 Å². The van der Waals surface area contributed by atoms with Gasteiger partial charge >= 0.3 is 17.9 Å². The first-order chi connectivity index (χ1) is 35.5. The molecule has 0 aromatic carbocycles. The van der Waals surface area contributed by atoms with Crippen LogP contribution in [0.5, 0.6) is 0 Å². The lowest BCUT2D eigenvalue weighted by Gasteiger charge is -2.18. The van der Waals surface area contributed by atoms with Gasteiger partial charge in [-0.2, -0.15) is 0 Å². The second kappa shape index (κ2) is 58.6. The van der Waals surface area contributed by atoms with Crippen LogP contribution in [0.4, 0.5) is 0 Å². The summed E-state index contributed by atoms with van der Waals surface area (Å²) in [6, 6.07) is 0. The number of ether oxygens (including phenoxy) is 3. The van der Waals surface area contributed by atoms with E-state index >= 15 is 0 Å². The van der Waals surface area contributed by atoms with E-state index in [0.29, 0.717) is 12.8 Å². The van der Waals surface area contributed by atoms with Gasteiger partial charge in [0.15, 0.2) is 6.10 Å². The summed E-state index contributed by atoms with van der Waals surface area (Å²) in [6.45, 7) is 6.25. The third-order valence-electron chi connectivity index (χ3n) is 11.3. The highest BCUT2D eigenvalue weighted by molar-refractivity contribution is 5.71. The smallest absolute Gasteiger partial charge is 0.306 e. The first-order valence-corrected chi connectivity index (χ1v) is 28.5. The van der Waals surface area contributed by atoms with Gasteiger partial charge in [-0.15, -0.1) is 0 Å². The Balaban J connectivity index is 4.57. The molecule has 0 aromatic rings. The number of rotatable bonds is 49. The number of unbranched alkanes of at least 4 members (excludes halogenated alkanes) is 12. The maximum Gasteiger partial charge on any atom is 0.306 e. The largest absolute Gasteiger partial charge is 0.462 e. The third-order valence-corrected chi connectivity index (χ3v) is 11.3. The van der Waals surface area contributed by atoms with E-state index in [1.165, 1.54) is 51.4 Å². The van der Waals surface area contributed by atoms with Crippen molar-refractivity contribution in [2.75, 3.05) is 13.2 Å². The van der Waals surface area contributed by atoms with Gasteiger partial charge in [0.05, 0.1) is 0 Å². The van der Waals surface area contributed by atoms with Crippen molar-refractivity contribution in [2.24, 2.45) is 0 Å². The minimum absolute atomic E-state index is 0.141. The van der Waals surface area contributed by atoms with Crippen LogP contribution in [0.15, 0.2) is 158 Å². The van der Waals surface area contributed by atoms with E-state index in [2.05, 4.69) is 167 Å². The molecule has 0 N–H and O–H groups in total. The fourth-order valence-corrected chi connectivity index (χ4v) is 7.06. The van der Waals surface area contributed by atoms with Crippen LogP contribution in [0.3, 0.4) is 0 Å². The quantitative estimate of drug-likeness (QED) is 0.0262. The summed E-state index contributed by atoms with van der Waals surface area (Å²) in [5.41, 5.74) is 0. The molecule has 0 aliphatic rings. The first-order valence-electron chi connectivity index (χ1n) is 28.5. The van der Waals surface area contributed by atoms with E-state index in [4.69, 9.17) is 14.2 Å². The molecule has 0 amide bonds. The number of carbonyl (C=O) groups is 3. The van der Waals surface area contributed by atoms with Crippen LogP contribution in [-0.2, 0) is 28.6 Å². The predicted molar refractivity (Wildman–Crippen MR) is 311 cm³/mol. The summed E-state index contributed by atoms with van der Waals surface area (Å²) in [5, 5.41) is 0. The van der Waals surface area contributed by atoms with Crippen LogP contribution in [0.1, 0.15) is 220 Å². The molecule has 0 aromatic heterocycles. The molecule has 0 bridgehead atoms. The lowest BCUT2D eigenvalue weighted by molar-refractivity contribution is -0.166. The van der Waals surface area contributed by atoms with Crippen molar-refractivity contribution in [1.29, 1.82) is 0 Å². The van der Waals surface area contributed by atoms with Gasteiger partial charge in [-0.25, -0.2) is 0 Å². The van der Waals surface area contributed by atoms with Crippen molar-refractivity contribution in [3.8, 4) is 0 Å². The molecule has 0 aliphatic heterocycles. The molecule has 0 rings (SSSR count). The molecule has 0 fully saturated rings. The van der Waals surface area contributed by atoms with Crippen molar-refractivity contribution in [2.45, 2.75) is 226 Å². The molecule has 6 heteroatoms. The molecule has 0 radical (unpaired) electrons. The molecular formula is C66H102O6. The van der Waals surface area contributed by atoms with Crippen LogP contribution in [0.2, 0.25) is 0 Å². The Kier molecular flexibility index (Phi) is 54.6. The predicted octanol–water partition coefficient (Wildman–Crippen LogP) is 19.4. The number of hydrogen-bond acceptors (Lipinski definition) is 6. The van der Waals surface area contributed by atoms with Gasteiger partial charge in [0.25, 0.3) is 0 Å². The highest BCUT2D eigenvalue weighted by Gasteiger charge is 2.19. The van der Waals surface area contributed by atoms with E-state index in [0.717, 1.165) is 116 Å². The summed E-state index contributed by atoms with van der Waals surface area (Å²) in [4.78, 5) is 38.1. The lowest BCUT2D eigenvalue weighted by atomic mass is 10.1. The van der Waals surface area contributed by atoms with Crippen LogP contribution in [-0.4, -0.2) is 37.2 Å². The first kappa shape index (κ1) is 67.0. The molecule has 0 saturated heterocycles. The topological polar surface area (TPSA) is 78.9 Å². The fraction of sp³-hybridized carbons (Fsp3) is 0.561. The number of esters is 3. The minimum Gasteiger partial charge on any atom is -0.462 e. The Morgan fingerprint density at radius 1 is 0.292 bits per heavy atom. The fourth-order valence-electron chi connectivity index (χ4n) is 7.06. The van der Waals surface area contributed by atoms with E-state index in [1.54, 1.807) is 0 Å². The monoisotopic (exact) mass is 991 g/mol. The van der Waals surface area contributed by atoms with Gasteiger partial charge in [-0.05, 0) is 128 Å². The Morgan fingerprint density at radius 2 is 0.583 bits per heavy atom. The van der Waals surface area contributed by atoms with Gasteiger partial charge in [0, 0.05) is 19.3 Å². The van der Waals surface area contributed by atoms with E-state index < -0.39 is 6.10 Å². The van der Waals surface area contributed by atoms with Crippen molar-refractivity contribution in [3.05, 3.63) is 158 Å². The van der Waals surface area contributed by atoms with Crippen LogP contribution >= 0.6 is 0 Å². The molecule has 402 valence electrons. The number of hydrogen-bond donors (Lipinski definition) is 0. The summed E-state index contributed by atoms with van der Waals surface area (Å²) in [6.07, 6.45) is 85.4. The summed E-state index contributed by atoms with van der Waals surface area (Å²) < 4.78 is 16.7. The highest BCUT2D eigenvalue weighted by atomic mass is 16.6. The molecule has 6 nitrogen and oxygen atoms in total. The van der Waals surface area contributed by atoms with E-state index in [1.807, 2.05) is 12.2 Å². The maximum atomic E-state index is 12.9. The molecule has 1 atom stereocenters. The second-order valence-corrected chi connectivity index (χ2v) is 18.1. The van der Waals surface area contributed by atoms with Crippen molar-refractivity contribution in [1.82, 2.24) is 0 Å². The molecule has 0 saturated carbocycles. The standard InChI is InChI=1S/C66H102O6/c1-4-7-10-13-16-19-22-25-27-29-31-32-33-34-35-37-38-41-44-47-50-53-56-59-65(68)71-62-63(61-70-64(67)58-55-52-49-46-43-40-24-21-18-15-12-9-6-3)72-66(69)60-57-54-51-48-45-42-39-36-30-28-26-23-20-17-14-11-8-5-2/h7,9-10,12,16,18-21,23,25,27-28,30-32,34-35,38,40-41,43,47,49-50,52,63H,4-6,8,11,13-15,17,22,24,26,29,33,36-37,39,42,44-46,48,51,53-62H2,1-3H3/b10-7-,12-9-,19-16-,21-18-,23-20-,27-25-,30-28-,32-31-,35-34-,41-38-,43-40-,50-47-,52-49-. The SMILES string of the molecule is CC/C=C\C/C=C\C/C=C\C/C=C\C/C=C\C/C=C\C/C=C\CCCC(=O)OCC(COC(=O)CC/C=C\C/C=C\C/C=C\C/C=C\CC)OC(=O)CCCCCCCCC/C=C\C/C=C\CCCCCC. The lowest BCUT2D eigenvalue weighted by Crippen LogP contribution is -2.30. The highest BCUT2D eigenvalue weighted by Crippen LogP contribution is 2.12. The summed E-state index contributed by atoms with van der Waals surface area (Å²) >= 11 is 0. The molecule has 0 spiro atoms. The van der Waals surface area contributed by atoms with Crippen LogP contribution in [0, 0.1) is 0 Å². The molecular weight excluding hydrogens is 889 g/mol. The zero-order valence-electron chi connectivity index (χ0n) is 45.9. The van der Waals surface area contributed by atoms with Gasteiger partial charge < -0.3 is 14.2 Å². The average molecular weight is 992 g/mol.